The van der Waals surface area contributed by atoms with Crippen molar-refractivity contribution >= 4 is 17.2 Å². The van der Waals surface area contributed by atoms with E-state index in [-0.39, 0.29) is 0 Å². The molecular formula is C17H23N3S. The Kier molecular flexibility index (Phi) is 4.27. The molecule has 1 fully saturated rings. The summed E-state index contributed by atoms with van der Waals surface area (Å²) in [4.78, 5) is 8.41. The third kappa shape index (κ3) is 3.44. The summed E-state index contributed by atoms with van der Waals surface area (Å²) < 4.78 is 0. The minimum atomic E-state index is 0.354. The first-order valence-electron chi connectivity index (χ1n) is 7.61. The number of hydrogen-bond acceptors (Lipinski definition) is 4. The van der Waals surface area contributed by atoms with Crippen LogP contribution in [0.1, 0.15) is 41.9 Å². The zero-order chi connectivity index (χ0) is 14.8. The Bertz CT molecular complexity index is 590. The number of anilines is 1. The summed E-state index contributed by atoms with van der Waals surface area (Å²) >= 11 is 1.80. The second-order valence-corrected chi connectivity index (χ2v) is 6.85. The Balaban J connectivity index is 1.71. The van der Waals surface area contributed by atoms with Gasteiger partial charge in [-0.1, -0.05) is 12.1 Å². The van der Waals surface area contributed by atoms with Crippen molar-refractivity contribution in [3.05, 3.63) is 45.8 Å². The molecule has 0 aromatic carbocycles. The monoisotopic (exact) mass is 301 g/mol. The maximum Gasteiger partial charge on any atom is 0.129 e. The van der Waals surface area contributed by atoms with Crippen LogP contribution >= 0.6 is 11.3 Å². The third-order valence-electron chi connectivity index (χ3n) is 4.24. The maximum absolute atomic E-state index is 4.79. The molecule has 0 aliphatic heterocycles. The van der Waals surface area contributed by atoms with Crippen molar-refractivity contribution in [2.75, 3.05) is 11.9 Å². The molecule has 21 heavy (non-hydrogen) atoms. The van der Waals surface area contributed by atoms with Crippen LogP contribution in [0.4, 0.5) is 5.82 Å². The molecule has 3 rings (SSSR count). The highest BCUT2D eigenvalue weighted by molar-refractivity contribution is 7.10. The molecule has 2 aromatic rings. The first-order chi connectivity index (χ1) is 10.1. The standard InChI is InChI=1S/C17H23N3S/c1-12-14(11-18-15-7-8-15)6-9-17(19-12)20(3)13(2)16-5-4-10-21-16/h4-6,9-10,13,15,18H,7-8,11H2,1-3H3. The van der Waals surface area contributed by atoms with E-state index < -0.39 is 0 Å². The maximum atomic E-state index is 4.79. The Morgan fingerprint density at radius 2 is 2.19 bits per heavy atom. The van der Waals surface area contributed by atoms with E-state index in [2.05, 4.69) is 60.8 Å². The lowest BCUT2D eigenvalue weighted by Gasteiger charge is -2.26. The van der Waals surface area contributed by atoms with Gasteiger partial charge in [0.1, 0.15) is 5.82 Å². The fraction of sp³-hybridized carbons (Fsp3) is 0.471. The highest BCUT2D eigenvalue weighted by Gasteiger charge is 2.20. The number of aryl methyl sites for hydroxylation is 1. The van der Waals surface area contributed by atoms with Crippen molar-refractivity contribution in [1.82, 2.24) is 10.3 Å². The lowest BCUT2D eigenvalue weighted by Crippen LogP contribution is -2.23. The van der Waals surface area contributed by atoms with Crippen LogP contribution in [0.2, 0.25) is 0 Å². The van der Waals surface area contributed by atoms with E-state index >= 15 is 0 Å². The average Bonchev–Trinajstić information content (AvgIpc) is 3.15. The first-order valence-corrected chi connectivity index (χ1v) is 8.49. The van der Waals surface area contributed by atoms with Gasteiger partial charge in [0.25, 0.3) is 0 Å². The second kappa shape index (κ2) is 6.16. The van der Waals surface area contributed by atoms with Crippen molar-refractivity contribution in [2.45, 2.75) is 45.3 Å². The predicted octanol–water partition coefficient (Wildman–Crippen LogP) is 3.90. The number of thiophene rings is 1. The van der Waals surface area contributed by atoms with Crippen molar-refractivity contribution in [1.29, 1.82) is 0 Å². The summed E-state index contributed by atoms with van der Waals surface area (Å²) in [6.45, 7) is 5.27. The Morgan fingerprint density at radius 3 is 2.81 bits per heavy atom. The van der Waals surface area contributed by atoms with Gasteiger partial charge in [-0.15, -0.1) is 11.3 Å². The second-order valence-electron chi connectivity index (χ2n) is 5.87. The zero-order valence-corrected chi connectivity index (χ0v) is 13.8. The highest BCUT2D eigenvalue weighted by atomic mass is 32.1. The van der Waals surface area contributed by atoms with Crippen LogP contribution in [0.15, 0.2) is 29.6 Å². The third-order valence-corrected chi connectivity index (χ3v) is 5.28. The molecule has 0 amide bonds. The van der Waals surface area contributed by atoms with E-state index in [1.165, 1.54) is 23.3 Å². The van der Waals surface area contributed by atoms with Crippen LogP contribution in [0.3, 0.4) is 0 Å². The summed E-state index contributed by atoms with van der Waals surface area (Å²) in [6, 6.07) is 9.74. The molecule has 0 bridgehead atoms. The molecule has 3 nitrogen and oxygen atoms in total. The first kappa shape index (κ1) is 14.5. The van der Waals surface area contributed by atoms with Gasteiger partial charge in [-0.25, -0.2) is 4.98 Å². The number of rotatable bonds is 6. The fourth-order valence-corrected chi connectivity index (χ4v) is 3.25. The minimum Gasteiger partial charge on any atom is -0.352 e. The normalized spacial score (nSPS) is 16.0. The van der Waals surface area contributed by atoms with Crippen molar-refractivity contribution in [2.24, 2.45) is 0 Å². The van der Waals surface area contributed by atoms with Gasteiger partial charge in [-0.3, -0.25) is 0 Å². The van der Waals surface area contributed by atoms with Crippen LogP contribution in [0.25, 0.3) is 0 Å². The van der Waals surface area contributed by atoms with E-state index in [0.29, 0.717) is 6.04 Å². The molecule has 0 spiro atoms. The van der Waals surface area contributed by atoms with Gasteiger partial charge in [0.05, 0.1) is 6.04 Å². The van der Waals surface area contributed by atoms with Gasteiger partial charge in [-0.05, 0) is 49.8 Å². The molecule has 2 aromatic heterocycles. The lowest BCUT2D eigenvalue weighted by atomic mass is 10.2. The fourth-order valence-electron chi connectivity index (χ4n) is 2.42. The molecule has 1 unspecified atom stereocenters. The summed E-state index contributed by atoms with van der Waals surface area (Å²) in [7, 11) is 2.12. The minimum absolute atomic E-state index is 0.354. The number of hydrogen-bond donors (Lipinski definition) is 1. The molecule has 1 N–H and O–H groups in total. The quantitative estimate of drug-likeness (QED) is 0.877. The van der Waals surface area contributed by atoms with Crippen LogP contribution < -0.4 is 10.2 Å². The van der Waals surface area contributed by atoms with Crippen LogP contribution in [-0.2, 0) is 6.54 Å². The van der Waals surface area contributed by atoms with Gasteiger partial charge < -0.3 is 10.2 Å². The number of pyridine rings is 1. The van der Waals surface area contributed by atoms with E-state index in [0.717, 1.165) is 24.1 Å². The largest absolute Gasteiger partial charge is 0.352 e. The van der Waals surface area contributed by atoms with E-state index in [9.17, 15) is 0 Å². The molecule has 112 valence electrons. The molecule has 1 atom stereocenters. The van der Waals surface area contributed by atoms with Gasteiger partial charge in [0, 0.05) is 30.2 Å². The van der Waals surface area contributed by atoms with Crippen LogP contribution in [0, 0.1) is 6.92 Å². The molecule has 4 heteroatoms. The molecule has 1 aliphatic carbocycles. The van der Waals surface area contributed by atoms with E-state index in [1.54, 1.807) is 11.3 Å². The molecule has 2 heterocycles. The lowest BCUT2D eigenvalue weighted by molar-refractivity contribution is 0.680. The van der Waals surface area contributed by atoms with Crippen molar-refractivity contribution < 1.29 is 0 Å². The van der Waals surface area contributed by atoms with Gasteiger partial charge in [-0.2, -0.15) is 0 Å². The Labute approximate surface area is 131 Å². The SMILES string of the molecule is Cc1nc(N(C)C(C)c2cccs2)ccc1CNC1CC1. The molecule has 1 aliphatic rings. The van der Waals surface area contributed by atoms with Crippen LogP contribution in [0.5, 0.6) is 0 Å². The number of nitrogens with one attached hydrogen (secondary N) is 1. The average molecular weight is 301 g/mol. The smallest absolute Gasteiger partial charge is 0.129 e. The van der Waals surface area contributed by atoms with Crippen molar-refractivity contribution in [3.63, 3.8) is 0 Å². The summed E-state index contributed by atoms with van der Waals surface area (Å²) in [5, 5.41) is 5.69. The predicted molar refractivity (Wildman–Crippen MR) is 90.0 cm³/mol. The van der Waals surface area contributed by atoms with Crippen molar-refractivity contribution in [3.8, 4) is 0 Å². The molecule has 0 saturated heterocycles. The van der Waals surface area contributed by atoms with Gasteiger partial charge in [0.2, 0.25) is 0 Å². The van der Waals surface area contributed by atoms with Gasteiger partial charge in [0.15, 0.2) is 0 Å². The Hall–Kier alpha value is -1.39. The molecular weight excluding hydrogens is 278 g/mol. The summed E-state index contributed by atoms with van der Waals surface area (Å²) in [5.74, 6) is 1.04. The molecule has 0 radical (unpaired) electrons. The topological polar surface area (TPSA) is 28.2 Å². The van der Waals surface area contributed by atoms with Crippen LogP contribution in [-0.4, -0.2) is 18.1 Å². The number of aromatic nitrogens is 1. The van der Waals surface area contributed by atoms with Gasteiger partial charge >= 0.3 is 0 Å². The number of nitrogens with zero attached hydrogens (tertiary/aromatic N) is 2. The zero-order valence-electron chi connectivity index (χ0n) is 13.0. The highest BCUT2D eigenvalue weighted by Crippen LogP contribution is 2.27. The molecule has 1 saturated carbocycles. The van der Waals surface area contributed by atoms with E-state index in [1.807, 2.05) is 0 Å². The summed E-state index contributed by atoms with van der Waals surface area (Å²) in [5.41, 5.74) is 2.44. The summed E-state index contributed by atoms with van der Waals surface area (Å²) in [6.07, 6.45) is 2.65. The Morgan fingerprint density at radius 1 is 1.38 bits per heavy atom. The van der Waals surface area contributed by atoms with E-state index in [4.69, 9.17) is 4.98 Å².